The predicted molar refractivity (Wildman–Crippen MR) is 173 cm³/mol. The Morgan fingerprint density at radius 3 is 0.587 bits per heavy atom. The number of hydrogen-bond acceptors (Lipinski definition) is 8. The molecule has 4 aromatic rings. The fraction of sp³-hybridized carbons (Fsp3) is 0.294. The van der Waals surface area contributed by atoms with Gasteiger partial charge in [0.2, 0.25) is 0 Å². The SMILES string of the molecule is O=S(=O)(c1ccccc1)C12CC3(S(=O)(=O)c4ccccc4)CC(S(=O)(=O)c4ccccc4)(C1)CC(S(=O)(=O)c1ccccc1)(C2)C3. The number of hydrogen-bond donors (Lipinski definition) is 0. The molecule has 4 bridgehead atoms. The second-order valence-electron chi connectivity index (χ2n) is 13.1. The van der Waals surface area contributed by atoms with Crippen molar-refractivity contribution in [3.05, 3.63) is 121 Å². The Morgan fingerprint density at radius 1 is 0.283 bits per heavy atom. The highest BCUT2D eigenvalue weighted by molar-refractivity contribution is 7.96. The quantitative estimate of drug-likeness (QED) is 0.245. The Hall–Kier alpha value is -3.32. The van der Waals surface area contributed by atoms with Crippen LogP contribution in [0.3, 0.4) is 0 Å². The van der Waals surface area contributed by atoms with Crippen LogP contribution < -0.4 is 0 Å². The van der Waals surface area contributed by atoms with Gasteiger partial charge >= 0.3 is 0 Å². The van der Waals surface area contributed by atoms with Crippen LogP contribution >= 0.6 is 0 Å². The molecule has 240 valence electrons. The van der Waals surface area contributed by atoms with Crippen LogP contribution in [-0.2, 0) is 39.3 Å². The molecule has 0 saturated heterocycles. The highest BCUT2D eigenvalue weighted by Crippen LogP contribution is 2.71. The van der Waals surface area contributed by atoms with E-state index in [1.807, 2.05) is 0 Å². The van der Waals surface area contributed by atoms with Gasteiger partial charge in [-0.05, 0) is 87.1 Å². The summed E-state index contributed by atoms with van der Waals surface area (Å²) >= 11 is 0. The average molecular weight is 697 g/mol. The molecule has 4 fully saturated rings. The lowest BCUT2D eigenvalue weighted by atomic mass is 9.54. The van der Waals surface area contributed by atoms with E-state index >= 15 is 0 Å². The molecular formula is C34H32O8S4. The molecule has 0 aliphatic heterocycles. The largest absolute Gasteiger partial charge is 0.223 e. The van der Waals surface area contributed by atoms with Crippen LogP contribution in [0.2, 0.25) is 0 Å². The lowest BCUT2D eigenvalue weighted by Crippen LogP contribution is -2.77. The molecule has 0 amide bonds. The Kier molecular flexibility index (Phi) is 6.86. The lowest BCUT2D eigenvalue weighted by molar-refractivity contribution is 0.0765. The molecule has 4 aromatic carbocycles. The smallest absolute Gasteiger partial charge is 0.184 e. The van der Waals surface area contributed by atoms with Gasteiger partial charge in [-0.2, -0.15) is 0 Å². The maximum Gasteiger partial charge on any atom is 0.184 e. The fourth-order valence-electron chi connectivity index (χ4n) is 8.81. The summed E-state index contributed by atoms with van der Waals surface area (Å²) in [5.74, 6) is 0. The van der Waals surface area contributed by atoms with Crippen LogP contribution in [0.25, 0.3) is 0 Å². The van der Waals surface area contributed by atoms with Gasteiger partial charge in [-0.15, -0.1) is 0 Å². The van der Waals surface area contributed by atoms with Crippen LogP contribution in [0.1, 0.15) is 38.5 Å². The molecule has 0 radical (unpaired) electrons. The van der Waals surface area contributed by atoms with Crippen LogP contribution in [0.5, 0.6) is 0 Å². The monoisotopic (exact) mass is 696 g/mol. The van der Waals surface area contributed by atoms with Crippen LogP contribution in [-0.4, -0.2) is 52.7 Å². The van der Waals surface area contributed by atoms with Crippen molar-refractivity contribution in [1.29, 1.82) is 0 Å². The van der Waals surface area contributed by atoms with E-state index in [2.05, 4.69) is 0 Å². The molecule has 4 aliphatic carbocycles. The van der Waals surface area contributed by atoms with E-state index in [1.54, 1.807) is 24.3 Å². The molecular weight excluding hydrogens is 665 g/mol. The summed E-state index contributed by atoms with van der Waals surface area (Å²) in [6.45, 7) is 0. The minimum absolute atomic E-state index is 0.108. The maximum absolute atomic E-state index is 14.9. The topological polar surface area (TPSA) is 137 Å². The third-order valence-corrected chi connectivity index (χ3v) is 20.2. The van der Waals surface area contributed by atoms with E-state index in [1.165, 1.54) is 97.1 Å². The zero-order valence-corrected chi connectivity index (χ0v) is 28.0. The van der Waals surface area contributed by atoms with Gasteiger partial charge in [0.1, 0.15) is 0 Å². The van der Waals surface area contributed by atoms with Crippen molar-refractivity contribution >= 4 is 39.3 Å². The molecule has 12 heteroatoms. The van der Waals surface area contributed by atoms with Gasteiger partial charge in [-0.3, -0.25) is 0 Å². The summed E-state index contributed by atoms with van der Waals surface area (Å²) < 4.78 is 111. The highest BCUT2D eigenvalue weighted by Gasteiger charge is 2.80. The van der Waals surface area contributed by atoms with Crippen molar-refractivity contribution in [3.8, 4) is 0 Å². The van der Waals surface area contributed by atoms with Gasteiger partial charge in [-0.25, -0.2) is 33.7 Å². The average Bonchev–Trinajstić information content (AvgIpc) is 3.05. The summed E-state index contributed by atoms with van der Waals surface area (Å²) in [7, 11) is -18.0. The van der Waals surface area contributed by atoms with E-state index < -0.39 is 96.9 Å². The van der Waals surface area contributed by atoms with Crippen molar-refractivity contribution in [2.45, 2.75) is 77.1 Å². The Bertz CT molecular complexity index is 1890. The first-order chi connectivity index (χ1) is 21.7. The van der Waals surface area contributed by atoms with E-state index in [0.29, 0.717) is 0 Å². The first-order valence-corrected chi connectivity index (χ1v) is 20.8. The first kappa shape index (κ1) is 31.3. The number of sulfone groups is 4. The molecule has 0 unspecified atom stereocenters. The second kappa shape index (κ2) is 10.1. The first-order valence-electron chi connectivity index (χ1n) is 14.9. The molecule has 4 saturated carbocycles. The summed E-state index contributed by atoms with van der Waals surface area (Å²) in [6.07, 6.45) is -2.54. The van der Waals surface area contributed by atoms with E-state index in [9.17, 15) is 33.7 Å². The molecule has 46 heavy (non-hydrogen) atoms. The molecule has 0 atom stereocenters. The molecule has 0 N–H and O–H groups in total. The zero-order valence-electron chi connectivity index (χ0n) is 24.7. The standard InChI is InChI=1S/C34H32O8S4/c35-43(36,27-13-5-1-6-14-27)31-21-32(44(37,38)28-15-7-2-8-16-28)24-33(22-31,45(39,40)29-17-9-3-10-18-29)26-34(23-31,25-32)46(41,42)30-19-11-4-12-20-30/h1-20H,21-26H2. The summed E-state index contributed by atoms with van der Waals surface area (Å²) in [6, 6.07) is 30.0. The van der Waals surface area contributed by atoms with E-state index in [4.69, 9.17) is 0 Å². The molecule has 4 aliphatic rings. The Balaban J connectivity index is 1.60. The van der Waals surface area contributed by atoms with Gasteiger partial charge in [-0.1, -0.05) is 72.8 Å². The summed E-state index contributed by atoms with van der Waals surface area (Å²) in [5.41, 5.74) is 0. The molecule has 0 aromatic heterocycles. The Labute approximate surface area is 270 Å². The second-order valence-corrected chi connectivity index (χ2v) is 22.4. The van der Waals surface area contributed by atoms with Crippen molar-refractivity contribution < 1.29 is 33.7 Å². The zero-order chi connectivity index (χ0) is 32.7. The molecule has 0 heterocycles. The lowest BCUT2D eigenvalue weighted by Gasteiger charge is -2.67. The maximum atomic E-state index is 14.9. The third-order valence-electron chi connectivity index (χ3n) is 10.4. The van der Waals surface area contributed by atoms with Crippen LogP contribution in [0, 0.1) is 0 Å². The molecule has 0 spiro atoms. The van der Waals surface area contributed by atoms with Crippen LogP contribution in [0.4, 0.5) is 0 Å². The minimum Gasteiger partial charge on any atom is -0.223 e. The molecule has 8 nitrogen and oxygen atoms in total. The number of rotatable bonds is 8. The van der Waals surface area contributed by atoms with Crippen molar-refractivity contribution in [1.82, 2.24) is 0 Å². The Morgan fingerprint density at radius 2 is 0.435 bits per heavy atom. The summed E-state index contributed by atoms with van der Waals surface area (Å²) in [4.78, 5) is -0.431. The predicted octanol–water partition coefficient (Wildman–Crippen LogP) is 5.22. The highest BCUT2D eigenvalue weighted by atomic mass is 32.2. The van der Waals surface area contributed by atoms with E-state index in [0.717, 1.165) is 0 Å². The van der Waals surface area contributed by atoms with Gasteiger partial charge in [0.05, 0.1) is 38.6 Å². The van der Waals surface area contributed by atoms with Gasteiger partial charge < -0.3 is 0 Å². The molecule has 8 rings (SSSR count). The summed E-state index contributed by atoms with van der Waals surface area (Å²) in [5, 5.41) is 0. The van der Waals surface area contributed by atoms with Crippen molar-refractivity contribution in [2.75, 3.05) is 0 Å². The van der Waals surface area contributed by atoms with Gasteiger partial charge in [0.25, 0.3) is 0 Å². The van der Waals surface area contributed by atoms with Gasteiger partial charge in [0, 0.05) is 0 Å². The minimum atomic E-state index is -4.49. The third kappa shape index (κ3) is 4.12. The fourth-order valence-corrected chi connectivity index (χ4v) is 19.0. The van der Waals surface area contributed by atoms with Crippen LogP contribution in [0.15, 0.2) is 141 Å². The van der Waals surface area contributed by atoms with E-state index in [-0.39, 0.29) is 19.6 Å². The van der Waals surface area contributed by atoms with Crippen molar-refractivity contribution in [3.63, 3.8) is 0 Å². The normalized spacial score (nSPS) is 29.4. The van der Waals surface area contributed by atoms with Gasteiger partial charge in [0.15, 0.2) is 39.3 Å². The number of benzene rings is 4. The van der Waals surface area contributed by atoms with Crippen molar-refractivity contribution in [2.24, 2.45) is 0 Å².